The predicted molar refractivity (Wildman–Crippen MR) is 109 cm³/mol. The lowest BCUT2D eigenvalue weighted by atomic mass is 9.51. The van der Waals surface area contributed by atoms with Gasteiger partial charge in [0.1, 0.15) is 5.78 Å². The summed E-state index contributed by atoms with van der Waals surface area (Å²) >= 11 is 0. The Bertz CT molecular complexity index is 977. The number of ether oxygens (including phenoxy) is 1. The zero-order valence-corrected chi connectivity index (χ0v) is 17.5. The summed E-state index contributed by atoms with van der Waals surface area (Å²) in [6, 6.07) is 0. The van der Waals surface area contributed by atoms with Crippen LogP contribution < -0.4 is 0 Å². The fourth-order valence-electron chi connectivity index (χ4n) is 6.93. The van der Waals surface area contributed by atoms with Crippen LogP contribution in [0, 0.1) is 22.2 Å². The number of hydrogen-bond acceptors (Lipinski definition) is 4. The molecule has 0 bridgehead atoms. The molecule has 1 saturated carbocycles. The van der Waals surface area contributed by atoms with Gasteiger partial charge in [0, 0.05) is 11.8 Å². The fourth-order valence-corrected chi connectivity index (χ4v) is 6.93. The Morgan fingerprint density at radius 2 is 2.00 bits per heavy atom. The van der Waals surface area contributed by atoms with E-state index in [2.05, 4.69) is 19.9 Å². The zero-order chi connectivity index (χ0) is 20.6. The van der Waals surface area contributed by atoms with Crippen LogP contribution in [-0.4, -0.2) is 24.1 Å². The van der Waals surface area contributed by atoms with Gasteiger partial charge in [-0.3, -0.25) is 14.4 Å². The number of rotatable bonds is 2. The van der Waals surface area contributed by atoms with Gasteiger partial charge in [-0.25, -0.2) is 0 Å². The molecule has 1 spiro atoms. The van der Waals surface area contributed by atoms with Crippen molar-refractivity contribution in [3.8, 4) is 0 Å². The van der Waals surface area contributed by atoms with E-state index in [1.165, 1.54) is 5.57 Å². The molecule has 5 aliphatic carbocycles. The normalized spacial score (nSPS) is 40.0. The minimum absolute atomic E-state index is 0.0185. The molecule has 4 nitrogen and oxygen atoms in total. The first-order chi connectivity index (χ1) is 13.8. The van der Waals surface area contributed by atoms with Gasteiger partial charge >= 0.3 is 5.97 Å². The van der Waals surface area contributed by atoms with Crippen LogP contribution in [0.1, 0.15) is 59.3 Å². The van der Waals surface area contributed by atoms with Gasteiger partial charge in [-0.05, 0) is 74.7 Å². The van der Waals surface area contributed by atoms with Gasteiger partial charge in [0.05, 0.1) is 17.9 Å². The number of allylic oxidation sites excluding steroid dienone is 7. The minimum Gasteiger partial charge on any atom is -0.466 e. The number of Topliss-reactive ketones (excluding diaryl/α,β-unsaturated/α-hetero) is 1. The van der Waals surface area contributed by atoms with Crippen LogP contribution in [0.5, 0.6) is 0 Å². The third kappa shape index (κ3) is 2.18. The van der Waals surface area contributed by atoms with Crippen LogP contribution in [0.4, 0.5) is 0 Å². The number of ketones is 2. The Balaban J connectivity index is 1.73. The standard InChI is InChI=1S/C25H28O4/c1-4-29-22(28)17-14-15-13-16(26)5-11-24(15,3)18-7-12-25-19(21(17)18)6-9-23(25,2)10-8-20(25)27/h5-6,11,13,17H,4,7-10,12,14H2,1-3H3/t17-,23+,24?,25?/m1/s1. The second-order valence-electron chi connectivity index (χ2n) is 9.72. The molecule has 0 N–H and O–H groups in total. The molecule has 0 aromatic rings. The molecule has 0 saturated heterocycles. The van der Waals surface area contributed by atoms with Gasteiger partial charge in [0.25, 0.3) is 0 Å². The second kappa shape index (κ2) is 5.90. The average Bonchev–Trinajstić information content (AvgIpc) is 3.12. The summed E-state index contributed by atoms with van der Waals surface area (Å²) in [6.07, 6.45) is 12.1. The molecule has 4 heteroatoms. The van der Waals surface area contributed by atoms with Crippen LogP contribution in [0.15, 0.2) is 46.6 Å². The first-order valence-electron chi connectivity index (χ1n) is 10.9. The van der Waals surface area contributed by atoms with Crippen molar-refractivity contribution in [2.24, 2.45) is 22.2 Å². The van der Waals surface area contributed by atoms with Gasteiger partial charge in [-0.15, -0.1) is 0 Å². The monoisotopic (exact) mass is 392 g/mol. The van der Waals surface area contributed by atoms with Crippen molar-refractivity contribution in [3.63, 3.8) is 0 Å². The van der Waals surface area contributed by atoms with E-state index >= 15 is 0 Å². The van der Waals surface area contributed by atoms with Crippen molar-refractivity contribution in [2.45, 2.75) is 59.3 Å². The average molecular weight is 392 g/mol. The molecule has 5 rings (SSSR count). The minimum atomic E-state index is -0.442. The molecular formula is C25H28O4. The SMILES string of the molecule is CCOC(=O)[C@@H]1CC2=CC(=O)C=CC2(C)C2=C1C1=CC[C@@]3(C)CCC(=O)C13CC2. The van der Waals surface area contributed by atoms with Crippen molar-refractivity contribution in [1.29, 1.82) is 0 Å². The smallest absolute Gasteiger partial charge is 0.313 e. The summed E-state index contributed by atoms with van der Waals surface area (Å²) in [5, 5.41) is 0. The Morgan fingerprint density at radius 3 is 2.76 bits per heavy atom. The quantitative estimate of drug-likeness (QED) is 0.653. The Kier molecular flexibility index (Phi) is 3.82. The first kappa shape index (κ1) is 18.8. The second-order valence-corrected chi connectivity index (χ2v) is 9.72. The van der Waals surface area contributed by atoms with Crippen molar-refractivity contribution in [3.05, 3.63) is 46.6 Å². The van der Waals surface area contributed by atoms with Gasteiger partial charge < -0.3 is 4.74 Å². The lowest BCUT2D eigenvalue weighted by Gasteiger charge is -2.51. The van der Waals surface area contributed by atoms with Gasteiger partial charge in [-0.2, -0.15) is 0 Å². The van der Waals surface area contributed by atoms with Crippen LogP contribution in [-0.2, 0) is 19.1 Å². The summed E-state index contributed by atoms with van der Waals surface area (Å²) in [6.45, 7) is 6.55. The molecule has 0 radical (unpaired) electrons. The highest BCUT2D eigenvalue weighted by molar-refractivity contribution is 6.02. The molecule has 0 aromatic carbocycles. The molecule has 0 heterocycles. The highest BCUT2D eigenvalue weighted by Gasteiger charge is 2.65. The van der Waals surface area contributed by atoms with Crippen LogP contribution in [0.3, 0.4) is 0 Å². The molecule has 2 unspecified atom stereocenters. The van der Waals surface area contributed by atoms with E-state index in [-0.39, 0.29) is 22.6 Å². The number of hydrogen-bond donors (Lipinski definition) is 0. The van der Waals surface area contributed by atoms with Crippen molar-refractivity contribution < 1.29 is 19.1 Å². The maximum Gasteiger partial charge on any atom is 0.313 e. The van der Waals surface area contributed by atoms with E-state index in [0.717, 1.165) is 42.4 Å². The fraction of sp³-hybridized carbons (Fsp3) is 0.560. The van der Waals surface area contributed by atoms with Crippen LogP contribution >= 0.6 is 0 Å². The Labute approximate surface area is 171 Å². The molecule has 29 heavy (non-hydrogen) atoms. The van der Waals surface area contributed by atoms with E-state index in [9.17, 15) is 14.4 Å². The predicted octanol–water partition coefficient (Wildman–Crippen LogP) is 4.42. The van der Waals surface area contributed by atoms with E-state index in [1.807, 2.05) is 13.0 Å². The lowest BCUT2D eigenvalue weighted by Crippen LogP contribution is -2.46. The number of carbonyl (C=O) groups excluding carboxylic acids is 3. The summed E-state index contributed by atoms with van der Waals surface area (Å²) in [4.78, 5) is 38.4. The van der Waals surface area contributed by atoms with Gasteiger partial charge in [0.2, 0.25) is 0 Å². The van der Waals surface area contributed by atoms with E-state index in [1.54, 1.807) is 12.2 Å². The van der Waals surface area contributed by atoms with E-state index < -0.39 is 11.3 Å². The molecule has 4 atom stereocenters. The number of carbonyl (C=O) groups is 3. The lowest BCUT2D eigenvalue weighted by molar-refractivity contribution is -0.147. The van der Waals surface area contributed by atoms with E-state index in [0.29, 0.717) is 25.2 Å². The van der Waals surface area contributed by atoms with Gasteiger partial charge in [-0.1, -0.05) is 30.2 Å². The maximum absolute atomic E-state index is 13.2. The largest absolute Gasteiger partial charge is 0.466 e. The molecule has 152 valence electrons. The number of esters is 1. The van der Waals surface area contributed by atoms with E-state index in [4.69, 9.17) is 4.74 Å². The maximum atomic E-state index is 13.2. The molecule has 0 aliphatic heterocycles. The summed E-state index contributed by atoms with van der Waals surface area (Å²) in [7, 11) is 0. The van der Waals surface area contributed by atoms with Gasteiger partial charge in [0.15, 0.2) is 5.78 Å². The van der Waals surface area contributed by atoms with Crippen molar-refractivity contribution >= 4 is 17.5 Å². The van der Waals surface area contributed by atoms with Crippen molar-refractivity contribution in [1.82, 2.24) is 0 Å². The first-order valence-corrected chi connectivity index (χ1v) is 10.9. The Hall–Kier alpha value is -2.23. The zero-order valence-electron chi connectivity index (χ0n) is 17.5. The molecular weight excluding hydrogens is 364 g/mol. The summed E-state index contributed by atoms with van der Waals surface area (Å²) in [5.74, 6) is -0.335. The summed E-state index contributed by atoms with van der Waals surface area (Å²) < 4.78 is 5.46. The Morgan fingerprint density at radius 1 is 1.21 bits per heavy atom. The third-order valence-corrected chi connectivity index (χ3v) is 8.53. The summed E-state index contributed by atoms with van der Waals surface area (Å²) in [5.41, 5.74) is 3.53. The van der Waals surface area contributed by atoms with Crippen molar-refractivity contribution in [2.75, 3.05) is 6.61 Å². The highest BCUT2D eigenvalue weighted by Crippen LogP contribution is 2.70. The third-order valence-electron chi connectivity index (χ3n) is 8.53. The topological polar surface area (TPSA) is 60.4 Å². The molecule has 1 fully saturated rings. The van der Waals surface area contributed by atoms with Crippen LogP contribution in [0.25, 0.3) is 0 Å². The molecule has 0 amide bonds. The molecule has 5 aliphatic rings. The number of fused-ring (bicyclic) bond motifs is 3. The van der Waals surface area contributed by atoms with Crippen LogP contribution in [0.2, 0.25) is 0 Å². The molecule has 0 aromatic heterocycles. The highest BCUT2D eigenvalue weighted by atomic mass is 16.5.